The lowest BCUT2D eigenvalue weighted by atomic mass is 10.1. The third-order valence-corrected chi connectivity index (χ3v) is 9.32. The molecular formula is C28H31Cl2N3O4S. The Hall–Kier alpha value is -2.81. The van der Waals surface area contributed by atoms with Gasteiger partial charge in [-0.1, -0.05) is 67.4 Å². The van der Waals surface area contributed by atoms with Crippen molar-refractivity contribution in [1.82, 2.24) is 10.2 Å². The minimum absolute atomic E-state index is 0.0535. The normalized spacial score (nSPS) is 14.5. The first-order valence-electron chi connectivity index (χ1n) is 12.7. The maximum Gasteiger partial charge on any atom is 0.265 e. The minimum atomic E-state index is -3.71. The van der Waals surface area contributed by atoms with Gasteiger partial charge in [0.15, 0.2) is 0 Å². The number of benzene rings is 3. The number of rotatable bonds is 11. The van der Waals surface area contributed by atoms with Gasteiger partial charge in [0.05, 0.1) is 10.6 Å². The number of amides is 2. The standard InChI is InChI=1S/C28H31Cl2N3O4S/c1-3-16-31-28(35)23(4-2)32(18-20-21(29)11-7-12-22(20)30)26(34)15-8-17-33-24-13-5-9-19-10-6-14-25(27(19)24)38(33,36)37/h5-7,9-14,23H,3-4,8,15-18H2,1-2H3,(H,31,35). The molecule has 202 valence electrons. The Morgan fingerprint density at radius 3 is 2.32 bits per heavy atom. The van der Waals surface area contributed by atoms with Gasteiger partial charge in [0, 0.05) is 47.1 Å². The molecule has 1 unspecified atom stereocenters. The van der Waals surface area contributed by atoms with Crippen LogP contribution in [-0.2, 0) is 26.2 Å². The highest BCUT2D eigenvalue weighted by Gasteiger charge is 2.35. The van der Waals surface area contributed by atoms with Crippen LogP contribution in [0.3, 0.4) is 0 Å². The molecule has 1 N–H and O–H groups in total. The summed E-state index contributed by atoms with van der Waals surface area (Å²) in [6, 6.07) is 15.1. The number of carbonyl (C=O) groups excluding carboxylic acids is 2. The van der Waals surface area contributed by atoms with Gasteiger partial charge in [-0.3, -0.25) is 13.9 Å². The summed E-state index contributed by atoms with van der Waals surface area (Å²) in [6.45, 7) is 4.52. The maximum atomic E-state index is 13.6. The molecule has 0 fully saturated rings. The van der Waals surface area contributed by atoms with E-state index in [4.69, 9.17) is 23.2 Å². The van der Waals surface area contributed by atoms with Crippen molar-refractivity contribution < 1.29 is 18.0 Å². The van der Waals surface area contributed by atoms with Crippen LogP contribution in [0.5, 0.6) is 0 Å². The second-order valence-corrected chi connectivity index (χ2v) is 11.9. The molecular weight excluding hydrogens is 545 g/mol. The van der Waals surface area contributed by atoms with Crippen LogP contribution in [0.15, 0.2) is 59.5 Å². The third kappa shape index (κ3) is 5.48. The highest BCUT2D eigenvalue weighted by molar-refractivity contribution is 7.93. The Labute approximate surface area is 233 Å². The molecule has 10 heteroatoms. The summed E-state index contributed by atoms with van der Waals surface area (Å²) in [5, 5.41) is 5.26. The van der Waals surface area contributed by atoms with E-state index >= 15 is 0 Å². The lowest BCUT2D eigenvalue weighted by Crippen LogP contribution is -2.49. The number of hydrogen-bond donors (Lipinski definition) is 1. The van der Waals surface area contributed by atoms with Crippen LogP contribution in [0, 0.1) is 0 Å². The number of nitrogens with zero attached hydrogens (tertiary/aromatic N) is 2. The largest absolute Gasteiger partial charge is 0.354 e. The number of carbonyl (C=O) groups is 2. The molecule has 0 aromatic heterocycles. The molecule has 0 bridgehead atoms. The van der Waals surface area contributed by atoms with Crippen molar-refractivity contribution in [3.63, 3.8) is 0 Å². The van der Waals surface area contributed by atoms with Crippen LogP contribution in [-0.4, -0.2) is 44.3 Å². The number of anilines is 1. The molecule has 0 spiro atoms. The molecule has 0 saturated heterocycles. The number of hydrogen-bond acceptors (Lipinski definition) is 4. The average Bonchev–Trinajstić information content (AvgIpc) is 3.12. The van der Waals surface area contributed by atoms with Gasteiger partial charge in [-0.2, -0.15) is 0 Å². The van der Waals surface area contributed by atoms with E-state index in [9.17, 15) is 18.0 Å². The zero-order valence-corrected chi connectivity index (χ0v) is 23.7. The quantitative estimate of drug-likeness (QED) is 0.314. The van der Waals surface area contributed by atoms with Crippen LogP contribution in [0.25, 0.3) is 10.8 Å². The van der Waals surface area contributed by atoms with E-state index in [0.717, 1.165) is 11.8 Å². The number of halogens is 2. The van der Waals surface area contributed by atoms with Gasteiger partial charge in [-0.05, 0) is 48.9 Å². The first kappa shape index (κ1) is 28.2. The highest BCUT2D eigenvalue weighted by atomic mass is 35.5. The Balaban J connectivity index is 1.54. The summed E-state index contributed by atoms with van der Waals surface area (Å²) >= 11 is 12.8. The fourth-order valence-corrected chi connectivity index (χ4v) is 7.12. The highest BCUT2D eigenvalue weighted by Crippen LogP contribution is 2.42. The zero-order valence-electron chi connectivity index (χ0n) is 21.4. The first-order valence-corrected chi connectivity index (χ1v) is 14.9. The second kappa shape index (κ2) is 11.9. The Morgan fingerprint density at radius 2 is 1.66 bits per heavy atom. The summed E-state index contributed by atoms with van der Waals surface area (Å²) < 4.78 is 27.9. The lowest BCUT2D eigenvalue weighted by molar-refractivity contribution is -0.141. The van der Waals surface area contributed by atoms with Gasteiger partial charge in [-0.25, -0.2) is 8.42 Å². The smallest absolute Gasteiger partial charge is 0.265 e. The number of sulfonamides is 1. The summed E-state index contributed by atoms with van der Waals surface area (Å²) in [7, 11) is -3.71. The van der Waals surface area contributed by atoms with Gasteiger partial charge in [0.25, 0.3) is 10.0 Å². The van der Waals surface area contributed by atoms with Gasteiger partial charge in [-0.15, -0.1) is 0 Å². The van der Waals surface area contributed by atoms with Crippen molar-refractivity contribution in [2.24, 2.45) is 0 Å². The molecule has 0 radical (unpaired) electrons. The van der Waals surface area contributed by atoms with Crippen molar-refractivity contribution in [3.05, 3.63) is 70.2 Å². The molecule has 2 amide bonds. The van der Waals surface area contributed by atoms with Crippen molar-refractivity contribution in [2.45, 2.75) is 57.0 Å². The van der Waals surface area contributed by atoms with Gasteiger partial charge in [0.2, 0.25) is 11.8 Å². The van der Waals surface area contributed by atoms with E-state index in [1.165, 1.54) is 9.21 Å². The Morgan fingerprint density at radius 1 is 1.00 bits per heavy atom. The van der Waals surface area contributed by atoms with Crippen LogP contribution in [0.4, 0.5) is 5.69 Å². The van der Waals surface area contributed by atoms with E-state index in [2.05, 4.69) is 5.32 Å². The first-order chi connectivity index (χ1) is 18.2. The molecule has 1 atom stereocenters. The summed E-state index contributed by atoms with van der Waals surface area (Å²) in [6.07, 6.45) is 1.51. The summed E-state index contributed by atoms with van der Waals surface area (Å²) in [5.41, 5.74) is 1.19. The average molecular weight is 577 g/mol. The number of nitrogens with one attached hydrogen (secondary N) is 1. The predicted octanol–water partition coefficient (Wildman–Crippen LogP) is 5.77. The van der Waals surface area contributed by atoms with Crippen molar-refractivity contribution >= 4 is 61.5 Å². The molecule has 38 heavy (non-hydrogen) atoms. The van der Waals surface area contributed by atoms with Gasteiger partial charge >= 0.3 is 0 Å². The minimum Gasteiger partial charge on any atom is -0.354 e. The molecule has 3 aromatic carbocycles. The Kier molecular flexibility index (Phi) is 8.85. The SMILES string of the molecule is CCCNC(=O)C(CC)N(Cc1c(Cl)cccc1Cl)C(=O)CCCN1c2cccc3cccc(c23)S1(=O)=O. The van der Waals surface area contributed by atoms with E-state index < -0.39 is 16.1 Å². The molecule has 1 heterocycles. The Bertz CT molecular complexity index is 1440. The van der Waals surface area contributed by atoms with Crippen LogP contribution < -0.4 is 9.62 Å². The fraction of sp³-hybridized carbons (Fsp3) is 0.357. The predicted molar refractivity (Wildman–Crippen MR) is 152 cm³/mol. The summed E-state index contributed by atoms with van der Waals surface area (Å²) in [4.78, 5) is 28.4. The van der Waals surface area contributed by atoms with E-state index in [1.54, 1.807) is 36.4 Å². The molecule has 0 saturated carbocycles. The van der Waals surface area contributed by atoms with Crippen molar-refractivity contribution in [3.8, 4) is 0 Å². The van der Waals surface area contributed by atoms with Gasteiger partial charge < -0.3 is 10.2 Å². The molecule has 0 aliphatic carbocycles. The van der Waals surface area contributed by atoms with E-state index in [-0.39, 0.29) is 42.6 Å². The zero-order chi connectivity index (χ0) is 27.4. The van der Waals surface area contributed by atoms with Crippen molar-refractivity contribution in [2.75, 3.05) is 17.4 Å². The van der Waals surface area contributed by atoms with Crippen LogP contribution in [0.2, 0.25) is 10.0 Å². The van der Waals surface area contributed by atoms with E-state index in [1.807, 2.05) is 32.0 Å². The molecule has 7 nitrogen and oxygen atoms in total. The van der Waals surface area contributed by atoms with Crippen LogP contribution >= 0.6 is 23.2 Å². The molecule has 1 aliphatic rings. The molecule has 1 aliphatic heterocycles. The third-order valence-electron chi connectivity index (χ3n) is 6.76. The molecule has 3 aromatic rings. The maximum absolute atomic E-state index is 13.6. The van der Waals surface area contributed by atoms with Crippen LogP contribution in [0.1, 0.15) is 45.1 Å². The second-order valence-electron chi connectivity index (χ2n) is 9.25. The monoisotopic (exact) mass is 575 g/mol. The molecule has 4 rings (SSSR count). The van der Waals surface area contributed by atoms with E-state index in [0.29, 0.717) is 39.6 Å². The fourth-order valence-electron chi connectivity index (χ4n) is 4.86. The lowest BCUT2D eigenvalue weighted by Gasteiger charge is -2.31. The van der Waals surface area contributed by atoms with Crippen molar-refractivity contribution in [1.29, 1.82) is 0 Å². The topological polar surface area (TPSA) is 86.8 Å². The van der Waals surface area contributed by atoms with Gasteiger partial charge in [0.1, 0.15) is 6.04 Å². The summed E-state index contributed by atoms with van der Waals surface area (Å²) in [5.74, 6) is -0.512.